The van der Waals surface area contributed by atoms with Crippen LogP contribution in [0.15, 0.2) is 0 Å². The minimum Gasteiger partial charge on any atom is -0.347 e. The van der Waals surface area contributed by atoms with Gasteiger partial charge in [0, 0.05) is 24.9 Å². The van der Waals surface area contributed by atoms with Crippen molar-refractivity contribution in [2.24, 2.45) is 0 Å². The maximum atomic E-state index is 5.95. The molecule has 0 aromatic rings. The van der Waals surface area contributed by atoms with Crippen LogP contribution in [0, 0.1) is 0 Å². The summed E-state index contributed by atoms with van der Waals surface area (Å²) >= 11 is 0. The number of likely N-dealkylation sites (tertiary alicyclic amines) is 1. The Hall–Kier alpha value is -0.160. The molecule has 0 amide bonds. The zero-order chi connectivity index (χ0) is 13.1. The van der Waals surface area contributed by atoms with Gasteiger partial charge in [-0.15, -0.1) is 0 Å². The lowest BCUT2D eigenvalue weighted by Gasteiger charge is -2.45. The Balaban J connectivity index is 1.70. The highest BCUT2D eigenvalue weighted by molar-refractivity contribution is 4.96. The topological polar surface area (TPSA) is 33.7 Å². The number of hydrogen-bond donors (Lipinski definition) is 1. The van der Waals surface area contributed by atoms with E-state index in [1.165, 1.54) is 38.8 Å². The molecule has 1 N–H and O–H groups in total. The third kappa shape index (κ3) is 2.97. The molecule has 1 spiro atoms. The zero-order valence-corrected chi connectivity index (χ0v) is 12.2. The summed E-state index contributed by atoms with van der Waals surface area (Å²) in [6, 6.07) is 1.17. The first-order valence-corrected chi connectivity index (χ1v) is 8.02. The van der Waals surface area contributed by atoms with Crippen LogP contribution in [-0.2, 0) is 9.47 Å². The van der Waals surface area contributed by atoms with Crippen LogP contribution in [0.2, 0.25) is 0 Å². The van der Waals surface area contributed by atoms with E-state index >= 15 is 0 Å². The highest BCUT2D eigenvalue weighted by Crippen LogP contribution is 2.38. The minimum absolute atomic E-state index is 0.260. The van der Waals surface area contributed by atoms with Crippen molar-refractivity contribution in [2.75, 3.05) is 33.4 Å². The van der Waals surface area contributed by atoms with Gasteiger partial charge in [-0.1, -0.05) is 12.8 Å². The third-order valence-corrected chi connectivity index (χ3v) is 5.11. The van der Waals surface area contributed by atoms with Crippen molar-refractivity contribution in [1.82, 2.24) is 10.2 Å². The van der Waals surface area contributed by atoms with Gasteiger partial charge in [-0.25, -0.2) is 0 Å². The average molecular weight is 268 g/mol. The van der Waals surface area contributed by atoms with Crippen LogP contribution in [0.5, 0.6) is 0 Å². The van der Waals surface area contributed by atoms with E-state index in [1.807, 2.05) is 0 Å². The van der Waals surface area contributed by atoms with Gasteiger partial charge >= 0.3 is 0 Å². The number of nitrogens with one attached hydrogen (secondary N) is 1. The first-order chi connectivity index (χ1) is 9.33. The fourth-order valence-electron chi connectivity index (χ4n) is 4.04. The van der Waals surface area contributed by atoms with Gasteiger partial charge in [-0.3, -0.25) is 4.90 Å². The molecule has 4 nitrogen and oxygen atoms in total. The Morgan fingerprint density at radius 3 is 2.37 bits per heavy atom. The molecule has 2 aliphatic heterocycles. The van der Waals surface area contributed by atoms with E-state index in [-0.39, 0.29) is 5.79 Å². The van der Waals surface area contributed by atoms with Crippen LogP contribution in [0.25, 0.3) is 0 Å². The van der Waals surface area contributed by atoms with Crippen LogP contribution in [0.4, 0.5) is 0 Å². The largest absolute Gasteiger partial charge is 0.347 e. The van der Waals surface area contributed by atoms with Crippen molar-refractivity contribution in [1.29, 1.82) is 0 Å². The average Bonchev–Trinajstić information content (AvgIpc) is 2.73. The molecule has 3 rings (SSSR count). The van der Waals surface area contributed by atoms with Gasteiger partial charge in [0.2, 0.25) is 0 Å². The van der Waals surface area contributed by atoms with E-state index in [2.05, 4.69) is 17.3 Å². The summed E-state index contributed by atoms with van der Waals surface area (Å²) in [4.78, 5) is 2.69. The number of ether oxygens (including phenoxy) is 2. The second-order valence-corrected chi connectivity index (χ2v) is 6.26. The molecule has 110 valence electrons. The molecule has 0 aromatic carbocycles. The zero-order valence-electron chi connectivity index (χ0n) is 12.2. The van der Waals surface area contributed by atoms with Gasteiger partial charge in [-0.05, 0) is 39.4 Å². The van der Waals surface area contributed by atoms with Crippen LogP contribution in [-0.4, -0.2) is 56.1 Å². The number of hydrogen-bond acceptors (Lipinski definition) is 4. The molecule has 2 unspecified atom stereocenters. The lowest BCUT2D eigenvalue weighted by molar-refractivity contribution is -0.193. The van der Waals surface area contributed by atoms with Crippen molar-refractivity contribution in [2.45, 2.75) is 62.8 Å². The van der Waals surface area contributed by atoms with Gasteiger partial charge < -0.3 is 14.8 Å². The molecule has 3 aliphatic rings. The van der Waals surface area contributed by atoms with Gasteiger partial charge in [0.05, 0.1) is 13.2 Å². The molecule has 1 saturated carbocycles. The molecule has 0 radical (unpaired) electrons. The first-order valence-electron chi connectivity index (χ1n) is 8.02. The molecular formula is C15H28N2O2. The first kappa shape index (κ1) is 13.8. The molecule has 2 saturated heterocycles. The van der Waals surface area contributed by atoms with Crippen molar-refractivity contribution in [3.8, 4) is 0 Å². The Labute approximate surface area is 116 Å². The Morgan fingerprint density at radius 2 is 1.74 bits per heavy atom. The van der Waals surface area contributed by atoms with E-state index in [4.69, 9.17) is 9.47 Å². The summed E-state index contributed by atoms with van der Waals surface area (Å²) < 4.78 is 11.9. The Bertz CT molecular complexity index is 284. The van der Waals surface area contributed by atoms with Crippen molar-refractivity contribution in [3.63, 3.8) is 0 Å². The van der Waals surface area contributed by atoms with Crippen molar-refractivity contribution >= 4 is 0 Å². The summed E-state index contributed by atoms with van der Waals surface area (Å²) in [6.07, 6.45) is 8.74. The molecule has 1 aliphatic carbocycles. The summed E-state index contributed by atoms with van der Waals surface area (Å²) in [5.41, 5.74) is 0. The highest BCUT2D eigenvalue weighted by Gasteiger charge is 2.46. The number of nitrogens with zero attached hydrogens (tertiary/aromatic N) is 1. The predicted molar refractivity (Wildman–Crippen MR) is 75.2 cm³/mol. The third-order valence-electron chi connectivity index (χ3n) is 5.11. The summed E-state index contributed by atoms with van der Waals surface area (Å²) in [6.45, 7) is 4.05. The maximum Gasteiger partial charge on any atom is 0.170 e. The van der Waals surface area contributed by atoms with Crippen LogP contribution in [0.3, 0.4) is 0 Å². The van der Waals surface area contributed by atoms with E-state index in [0.717, 1.165) is 32.5 Å². The van der Waals surface area contributed by atoms with E-state index < -0.39 is 0 Å². The second-order valence-electron chi connectivity index (χ2n) is 6.26. The fourth-order valence-corrected chi connectivity index (χ4v) is 4.04. The second kappa shape index (κ2) is 6.08. The van der Waals surface area contributed by atoms with Crippen molar-refractivity contribution < 1.29 is 9.47 Å². The molecule has 3 fully saturated rings. The highest BCUT2D eigenvalue weighted by atomic mass is 16.7. The summed E-state index contributed by atoms with van der Waals surface area (Å²) in [5, 5.41) is 3.53. The van der Waals surface area contributed by atoms with Crippen molar-refractivity contribution in [3.05, 3.63) is 0 Å². The normalized spacial score (nSPS) is 36.5. The monoisotopic (exact) mass is 268 g/mol. The molecule has 0 bridgehead atoms. The van der Waals surface area contributed by atoms with Gasteiger partial charge in [0.25, 0.3) is 0 Å². The van der Waals surface area contributed by atoms with Gasteiger partial charge in [0.1, 0.15) is 0 Å². The van der Waals surface area contributed by atoms with Crippen LogP contribution < -0.4 is 5.32 Å². The Morgan fingerprint density at radius 1 is 1.05 bits per heavy atom. The molecule has 0 aromatic heterocycles. The number of rotatable bonds is 2. The lowest BCUT2D eigenvalue weighted by atomic mass is 9.84. The van der Waals surface area contributed by atoms with Gasteiger partial charge in [0.15, 0.2) is 5.79 Å². The minimum atomic E-state index is -0.260. The quantitative estimate of drug-likeness (QED) is 0.827. The Kier molecular flexibility index (Phi) is 4.42. The molecular weight excluding hydrogens is 240 g/mol. The maximum absolute atomic E-state index is 5.95. The summed E-state index contributed by atoms with van der Waals surface area (Å²) in [7, 11) is 2.10. The SMILES string of the molecule is CNC1CCC2(CC1N1CCCCCC1)OCCO2. The van der Waals surface area contributed by atoms with E-state index in [0.29, 0.717) is 12.1 Å². The number of likely N-dealkylation sites (N-methyl/N-ethyl adjacent to an activating group) is 1. The van der Waals surface area contributed by atoms with Crippen LogP contribution >= 0.6 is 0 Å². The van der Waals surface area contributed by atoms with E-state index in [1.54, 1.807) is 0 Å². The van der Waals surface area contributed by atoms with E-state index in [9.17, 15) is 0 Å². The lowest BCUT2D eigenvalue weighted by Crippen LogP contribution is -2.57. The van der Waals surface area contributed by atoms with Gasteiger partial charge in [-0.2, -0.15) is 0 Å². The molecule has 2 atom stereocenters. The molecule has 19 heavy (non-hydrogen) atoms. The summed E-state index contributed by atoms with van der Waals surface area (Å²) in [5.74, 6) is -0.260. The standard InChI is InChI=1S/C15H28N2O2/c1-16-13-6-7-15(18-10-11-19-15)12-14(13)17-8-4-2-3-5-9-17/h13-14,16H,2-12H2,1H3. The fraction of sp³-hybridized carbons (Fsp3) is 1.00. The molecule has 2 heterocycles. The van der Waals surface area contributed by atoms with Crippen LogP contribution in [0.1, 0.15) is 44.9 Å². The molecule has 4 heteroatoms. The predicted octanol–water partition coefficient (Wildman–Crippen LogP) is 1.75. The smallest absolute Gasteiger partial charge is 0.170 e.